The second-order valence-electron chi connectivity index (χ2n) is 8.28. The molecule has 0 bridgehead atoms. The molecule has 4 rings (SSSR count). The second kappa shape index (κ2) is 10.6. The molecule has 1 atom stereocenters. The first-order valence-electron chi connectivity index (χ1n) is 11.5. The number of carbonyl (C=O) groups excluding carboxylic acids is 2. The fourth-order valence-corrected chi connectivity index (χ4v) is 4.12. The van der Waals surface area contributed by atoms with Gasteiger partial charge in [-0.2, -0.15) is 0 Å². The molecule has 2 amide bonds. The number of benzene rings is 2. The normalized spacial score (nSPS) is 12.0. The molecule has 182 valence electrons. The highest BCUT2D eigenvalue weighted by molar-refractivity contribution is 6.31. The van der Waals surface area contributed by atoms with E-state index in [-0.39, 0.29) is 17.6 Å². The molecule has 10 heteroatoms. The van der Waals surface area contributed by atoms with E-state index in [1.54, 1.807) is 24.3 Å². The van der Waals surface area contributed by atoms with E-state index in [2.05, 4.69) is 37.2 Å². The summed E-state index contributed by atoms with van der Waals surface area (Å²) in [5.74, 6) is -1.08. The van der Waals surface area contributed by atoms with E-state index in [1.165, 1.54) is 0 Å². The zero-order chi connectivity index (χ0) is 24.9. The van der Waals surface area contributed by atoms with Gasteiger partial charge in [0.2, 0.25) is 5.91 Å². The van der Waals surface area contributed by atoms with Crippen LogP contribution in [0.5, 0.6) is 0 Å². The molecule has 35 heavy (non-hydrogen) atoms. The molecule has 2 aromatic carbocycles. The second-order valence-corrected chi connectivity index (χ2v) is 8.71. The maximum atomic E-state index is 13.1. The van der Waals surface area contributed by atoms with Gasteiger partial charge in [-0.05, 0) is 43.2 Å². The Morgan fingerprint density at radius 3 is 2.63 bits per heavy atom. The summed E-state index contributed by atoms with van der Waals surface area (Å²) < 4.78 is 4.58. The van der Waals surface area contributed by atoms with Crippen LogP contribution in [0.2, 0.25) is 5.02 Å². The molecular formula is C25H26ClN5O4. The van der Waals surface area contributed by atoms with E-state index in [0.29, 0.717) is 33.2 Å². The molecule has 1 unspecified atom stereocenters. The van der Waals surface area contributed by atoms with Gasteiger partial charge in [0.25, 0.3) is 5.91 Å². The number of fused-ring (bicyclic) bond motifs is 1. The number of carbonyl (C=O) groups is 2. The van der Waals surface area contributed by atoms with Crippen molar-refractivity contribution in [2.45, 2.75) is 39.5 Å². The Labute approximate surface area is 206 Å². The SMILES string of the molecule is CCCCC(CC)C(=O)Nc1cccc2cc(C(=O)Nc3ccc(Cl)cc3-c3noc(=O)[nH]3)[nH]c12. The summed E-state index contributed by atoms with van der Waals surface area (Å²) in [6.45, 7) is 4.12. The molecule has 4 aromatic rings. The van der Waals surface area contributed by atoms with Gasteiger partial charge < -0.3 is 15.6 Å². The number of anilines is 2. The van der Waals surface area contributed by atoms with E-state index in [1.807, 2.05) is 25.1 Å². The number of unbranched alkanes of at least 4 members (excludes halogenated alkanes) is 1. The van der Waals surface area contributed by atoms with E-state index < -0.39 is 11.7 Å². The van der Waals surface area contributed by atoms with Gasteiger partial charge in [-0.15, -0.1) is 0 Å². The third-order valence-electron chi connectivity index (χ3n) is 5.85. The fraction of sp³-hybridized carbons (Fsp3) is 0.280. The maximum Gasteiger partial charge on any atom is 0.439 e. The minimum Gasteiger partial charge on any atom is -0.349 e. The highest BCUT2D eigenvalue weighted by atomic mass is 35.5. The molecule has 0 radical (unpaired) electrons. The van der Waals surface area contributed by atoms with Gasteiger partial charge in [0, 0.05) is 21.9 Å². The number of rotatable bonds is 9. The lowest BCUT2D eigenvalue weighted by molar-refractivity contribution is -0.120. The summed E-state index contributed by atoms with van der Waals surface area (Å²) >= 11 is 6.10. The van der Waals surface area contributed by atoms with Gasteiger partial charge in [-0.1, -0.05) is 55.6 Å². The van der Waals surface area contributed by atoms with Gasteiger partial charge in [0.15, 0.2) is 5.82 Å². The Bertz CT molecular complexity index is 1420. The van der Waals surface area contributed by atoms with Crippen molar-refractivity contribution in [1.29, 1.82) is 0 Å². The van der Waals surface area contributed by atoms with Gasteiger partial charge in [-0.3, -0.25) is 19.1 Å². The quantitative estimate of drug-likeness (QED) is 0.241. The minimum atomic E-state index is -0.720. The van der Waals surface area contributed by atoms with Crippen molar-refractivity contribution in [3.05, 3.63) is 63.7 Å². The van der Waals surface area contributed by atoms with Crippen LogP contribution in [-0.4, -0.2) is 26.9 Å². The number of hydrogen-bond acceptors (Lipinski definition) is 5. The number of hydrogen-bond donors (Lipinski definition) is 4. The highest BCUT2D eigenvalue weighted by Crippen LogP contribution is 2.30. The number of nitrogens with zero attached hydrogens (tertiary/aromatic N) is 1. The lowest BCUT2D eigenvalue weighted by Gasteiger charge is -2.15. The van der Waals surface area contributed by atoms with E-state index >= 15 is 0 Å². The predicted octanol–water partition coefficient (Wildman–Crippen LogP) is 5.57. The average Bonchev–Trinajstić information content (AvgIpc) is 3.48. The largest absolute Gasteiger partial charge is 0.439 e. The number of amides is 2. The van der Waals surface area contributed by atoms with Crippen molar-refractivity contribution in [2.75, 3.05) is 10.6 Å². The molecule has 4 N–H and O–H groups in total. The van der Waals surface area contributed by atoms with Crippen molar-refractivity contribution < 1.29 is 14.1 Å². The third-order valence-corrected chi connectivity index (χ3v) is 6.09. The number of H-pyrrole nitrogens is 2. The first-order chi connectivity index (χ1) is 16.9. The van der Waals surface area contributed by atoms with E-state index in [0.717, 1.165) is 31.1 Å². The number of aromatic nitrogens is 3. The molecule has 0 saturated heterocycles. The van der Waals surface area contributed by atoms with Gasteiger partial charge in [0.05, 0.1) is 16.9 Å². The molecule has 2 aromatic heterocycles. The monoisotopic (exact) mass is 495 g/mol. The lowest BCUT2D eigenvalue weighted by Crippen LogP contribution is -2.22. The maximum absolute atomic E-state index is 13.1. The Hall–Kier alpha value is -3.85. The molecule has 0 aliphatic rings. The van der Waals surface area contributed by atoms with Crippen LogP contribution in [0.3, 0.4) is 0 Å². The molecular weight excluding hydrogens is 470 g/mol. The fourth-order valence-electron chi connectivity index (χ4n) is 3.95. The molecule has 0 aliphatic carbocycles. The van der Waals surface area contributed by atoms with Crippen molar-refractivity contribution in [2.24, 2.45) is 5.92 Å². The van der Waals surface area contributed by atoms with Gasteiger partial charge >= 0.3 is 5.76 Å². The van der Waals surface area contributed by atoms with Crippen LogP contribution < -0.4 is 16.4 Å². The standard InChI is InChI=1S/C25H26ClN5O4/c1-3-5-7-14(4-2)23(32)29-19-9-6-8-15-12-20(27-21(15)19)24(33)28-18-11-10-16(26)13-17(18)22-30-25(34)35-31-22/h6,8-14,27H,3-5,7H2,1-2H3,(H,28,33)(H,29,32)(H,30,31,34). The Kier molecular flexibility index (Phi) is 7.36. The summed E-state index contributed by atoms with van der Waals surface area (Å²) in [6, 6.07) is 12.0. The first-order valence-corrected chi connectivity index (χ1v) is 11.9. The highest BCUT2D eigenvalue weighted by Gasteiger charge is 2.19. The minimum absolute atomic E-state index is 0.0264. The number of nitrogens with one attached hydrogen (secondary N) is 4. The predicted molar refractivity (Wildman–Crippen MR) is 136 cm³/mol. The summed E-state index contributed by atoms with van der Waals surface area (Å²) in [4.78, 5) is 42.9. The lowest BCUT2D eigenvalue weighted by atomic mass is 9.98. The van der Waals surface area contributed by atoms with Gasteiger partial charge in [-0.25, -0.2) is 4.79 Å². The zero-order valence-corrected chi connectivity index (χ0v) is 20.2. The van der Waals surface area contributed by atoms with Crippen LogP contribution in [0.4, 0.5) is 11.4 Å². The Balaban J connectivity index is 1.59. The Morgan fingerprint density at radius 2 is 1.91 bits per heavy atom. The van der Waals surface area contributed by atoms with Crippen LogP contribution in [0.15, 0.2) is 51.8 Å². The molecule has 0 fully saturated rings. The molecule has 2 heterocycles. The smallest absolute Gasteiger partial charge is 0.349 e. The Morgan fingerprint density at radius 1 is 1.09 bits per heavy atom. The van der Waals surface area contributed by atoms with Crippen LogP contribution in [0.1, 0.15) is 50.0 Å². The molecule has 0 spiro atoms. The summed E-state index contributed by atoms with van der Waals surface area (Å²) in [6.07, 6.45) is 3.64. The summed E-state index contributed by atoms with van der Waals surface area (Å²) in [5.41, 5.74) is 2.37. The van der Waals surface area contributed by atoms with E-state index in [4.69, 9.17) is 11.6 Å². The average molecular weight is 496 g/mol. The summed E-state index contributed by atoms with van der Waals surface area (Å²) in [5, 5.41) is 10.7. The first kappa shape index (κ1) is 24.3. The van der Waals surface area contributed by atoms with Crippen LogP contribution in [0, 0.1) is 5.92 Å². The number of aromatic amines is 2. The summed E-state index contributed by atoms with van der Waals surface area (Å²) in [7, 11) is 0. The topological polar surface area (TPSA) is 133 Å². The molecule has 0 saturated carbocycles. The van der Waals surface area contributed by atoms with E-state index in [9.17, 15) is 14.4 Å². The third kappa shape index (κ3) is 5.46. The van der Waals surface area contributed by atoms with Crippen molar-refractivity contribution in [3.8, 4) is 11.4 Å². The van der Waals surface area contributed by atoms with Crippen LogP contribution in [0.25, 0.3) is 22.3 Å². The van der Waals surface area contributed by atoms with Crippen LogP contribution >= 0.6 is 11.6 Å². The van der Waals surface area contributed by atoms with Crippen LogP contribution in [-0.2, 0) is 4.79 Å². The zero-order valence-electron chi connectivity index (χ0n) is 19.4. The number of para-hydroxylation sites is 1. The van der Waals surface area contributed by atoms with Crippen molar-refractivity contribution in [3.63, 3.8) is 0 Å². The molecule has 0 aliphatic heterocycles. The number of halogens is 1. The van der Waals surface area contributed by atoms with Crippen molar-refractivity contribution in [1.82, 2.24) is 15.1 Å². The molecule has 9 nitrogen and oxygen atoms in total. The van der Waals surface area contributed by atoms with Crippen molar-refractivity contribution >= 4 is 45.7 Å². The van der Waals surface area contributed by atoms with Gasteiger partial charge in [0.1, 0.15) is 5.69 Å².